The van der Waals surface area contributed by atoms with Gasteiger partial charge in [-0.25, -0.2) is 8.42 Å². The van der Waals surface area contributed by atoms with Gasteiger partial charge in [0.25, 0.3) is 10.0 Å². The summed E-state index contributed by atoms with van der Waals surface area (Å²) in [6.07, 6.45) is 0. The van der Waals surface area contributed by atoms with Crippen LogP contribution in [0, 0.1) is 0 Å². The highest BCUT2D eigenvalue weighted by molar-refractivity contribution is 7.93. The number of sulfonamides is 1. The summed E-state index contributed by atoms with van der Waals surface area (Å²) in [5.41, 5.74) is 7.02. The lowest BCUT2D eigenvalue weighted by Crippen LogP contribution is -2.19. The molecule has 1 aromatic heterocycles. The van der Waals surface area contributed by atoms with Crippen molar-refractivity contribution in [2.75, 3.05) is 4.72 Å². The van der Waals surface area contributed by atoms with Gasteiger partial charge in [0.15, 0.2) is 0 Å². The number of thiophene rings is 1. The van der Waals surface area contributed by atoms with Gasteiger partial charge in [0, 0.05) is 11.4 Å². The Labute approximate surface area is 130 Å². The molecule has 0 fully saturated rings. The monoisotopic (exact) mass is 324 g/mol. The third-order valence-corrected chi connectivity index (χ3v) is 5.68. The van der Waals surface area contributed by atoms with Crippen LogP contribution in [0.2, 0.25) is 0 Å². The molecule has 6 heteroatoms. The number of rotatable bonds is 4. The lowest BCUT2D eigenvalue weighted by molar-refractivity contribution is 0.590. The molecule has 1 heterocycles. The predicted molar refractivity (Wildman–Crippen MR) is 88.2 cm³/mol. The largest absolute Gasteiger partial charge is 0.326 e. The molecule has 0 saturated carbocycles. The van der Waals surface area contributed by atoms with E-state index in [0.717, 1.165) is 5.56 Å². The van der Waals surface area contributed by atoms with Gasteiger partial charge in [-0.1, -0.05) is 39.0 Å². The molecule has 0 aliphatic heterocycles. The Balaban J connectivity index is 2.43. The molecular weight excluding hydrogens is 304 g/mol. The van der Waals surface area contributed by atoms with Crippen molar-refractivity contribution in [3.05, 3.63) is 46.2 Å². The smallest absolute Gasteiger partial charge is 0.263 e. The molecule has 0 aliphatic rings. The van der Waals surface area contributed by atoms with Crippen molar-refractivity contribution in [3.8, 4) is 0 Å². The Morgan fingerprint density at radius 2 is 1.86 bits per heavy atom. The van der Waals surface area contributed by atoms with Gasteiger partial charge in [-0.05, 0) is 28.5 Å². The minimum atomic E-state index is -3.62. The van der Waals surface area contributed by atoms with Crippen LogP contribution in [0.3, 0.4) is 0 Å². The third kappa shape index (κ3) is 3.45. The Morgan fingerprint density at radius 1 is 1.19 bits per heavy atom. The fourth-order valence-electron chi connectivity index (χ4n) is 2.14. The van der Waals surface area contributed by atoms with Crippen molar-refractivity contribution >= 4 is 27.0 Å². The Kier molecular flexibility index (Phi) is 4.41. The molecule has 2 rings (SSSR count). The number of hydrogen-bond acceptors (Lipinski definition) is 4. The fraction of sp³-hybridized carbons (Fsp3) is 0.333. The zero-order chi connectivity index (χ0) is 15.7. The van der Waals surface area contributed by atoms with Gasteiger partial charge in [0.1, 0.15) is 4.90 Å². The van der Waals surface area contributed by atoms with E-state index in [9.17, 15) is 8.42 Å². The third-order valence-electron chi connectivity index (χ3n) is 3.16. The first-order chi connectivity index (χ1) is 9.75. The summed E-state index contributed by atoms with van der Waals surface area (Å²) in [6.45, 7) is 6.37. The molecule has 114 valence electrons. The van der Waals surface area contributed by atoms with Crippen LogP contribution in [-0.2, 0) is 22.0 Å². The second-order valence-electron chi connectivity index (χ2n) is 5.81. The van der Waals surface area contributed by atoms with E-state index in [1.165, 1.54) is 11.3 Å². The molecule has 0 spiro atoms. The maximum absolute atomic E-state index is 12.6. The first kappa shape index (κ1) is 16.0. The molecule has 0 unspecified atom stereocenters. The van der Waals surface area contributed by atoms with Crippen LogP contribution in [0.1, 0.15) is 31.2 Å². The standard InChI is InChI=1S/C15H20N2O2S2/c1-15(2,3)11-6-4-5-7-12(11)17-21(18,19)14-8-9-20-13(14)10-16/h4-9,17H,10,16H2,1-3H3. The van der Waals surface area contributed by atoms with Gasteiger partial charge < -0.3 is 5.73 Å². The average molecular weight is 324 g/mol. The molecule has 0 amide bonds. The lowest BCUT2D eigenvalue weighted by atomic mass is 9.86. The minimum Gasteiger partial charge on any atom is -0.326 e. The van der Waals surface area contributed by atoms with Crippen LogP contribution in [-0.4, -0.2) is 8.42 Å². The highest BCUT2D eigenvalue weighted by Gasteiger charge is 2.23. The number of benzene rings is 1. The maximum Gasteiger partial charge on any atom is 0.263 e. The van der Waals surface area contributed by atoms with E-state index in [0.29, 0.717) is 10.6 Å². The van der Waals surface area contributed by atoms with Crippen LogP contribution < -0.4 is 10.5 Å². The van der Waals surface area contributed by atoms with Crippen molar-refractivity contribution < 1.29 is 8.42 Å². The summed E-state index contributed by atoms with van der Waals surface area (Å²) < 4.78 is 27.8. The number of anilines is 1. The second kappa shape index (κ2) is 5.79. The van der Waals surface area contributed by atoms with Crippen LogP contribution in [0.15, 0.2) is 40.6 Å². The summed E-state index contributed by atoms with van der Waals surface area (Å²) in [5.74, 6) is 0. The Bertz CT molecular complexity index is 728. The Morgan fingerprint density at radius 3 is 2.48 bits per heavy atom. The molecule has 3 N–H and O–H groups in total. The second-order valence-corrected chi connectivity index (χ2v) is 8.46. The first-order valence-electron chi connectivity index (χ1n) is 6.64. The number of para-hydroxylation sites is 1. The van der Waals surface area contributed by atoms with E-state index in [-0.39, 0.29) is 16.9 Å². The predicted octanol–water partition coefficient (Wildman–Crippen LogP) is 3.31. The van der Waals surface area contributed by atoms with Gasteiger partial charge in [-0.3, -0.25) is 4.72 Å². The fourth-order valence-corrected chi connectivity index (χ4v) is 4.56. The number of nitrogens with two attached hydrogens (primary N) is 1. The van der Waals surface area contributed by atoms with Crippen LogP contribution in [0.5, 0.6) is 0 Å². The summed E-state index contributed by atoms with van der Waals surface area (Å²) in [4.78, 5) is 0.925. The van der Waals surface area contributed by atoms with Crippen molar-refractivity contribution in [2.24, 2.45) is 5.73 Å². The molecular formula is C15H20N2O2S2. The zero-order valence-corrected chi connectivity index (χ0v) is 14.0. The number of hydrogen-bond donors (Lipinski definition) is 2. The maximum atomic E-state index is 12.6. The molecule has 0 aliphatic carbocycles. The van der Waals surface area contributed by atoms with E-state index in [4.69, 9.17) is 5.73 Å². The molecule has 0 bridgehead atoms. The molecule has 0 atom stereocenters. The van der Waals surface area contributed by atoms with Gasteiger partial charge >= 0.3 is 0 Å². The van der Waals surface area contributed by atoms with Crippen molar-refractivity contribution in [1.82, 2.24) is 0 Å². The van der Waals surface area contributed by atoms with E-state index in [1.807, 2.05) is 18.2 Å². The minimum absolute atomic E-state index is 0.148. The van der Waals surface area contributed by atoms with E-state index in [1.54, 1.807) is 17.5 Å². The zero-order valence-electron chi connectivity index (χ0n) is 12.4. The summed E-state index contributed by atoms with van der Waals surface area (Å²) in [7, 11) is -3.62. The summed E-state index contributed by atoms with van der Waals surface area (Å²) in [6, 6.07) is 9.05. The van der Waals surface area contributed by atoms with Crippen molar-refractivity contribution in [1.29, 1.82) is 0 Å². The lowest BCUT2D eigenvalue weighted by Gasteiger charge is -2.23. The van der Waals surface area contributed by atoms with Crippen molar-refractivity contribution in [3.63, 3.8) is 0 Å². The van der Waals surface area contributed by atoms with Gasteiger partial charge in [0.2, 0.25) is 0 Å². The van der Waals surface area contributed by atoms with E-state index >= 15 is 0 Å². The highest BCUT2D eigenvalue weighted by Crippen LogP contribution is 2.31. The molecule has 4 nitrogen and oxygen atoms in total. The molecule has 2 aromatic rings. The van der Waals surface area contributed by atoms with Gasteiger partial charge in [-0.2, -0.15) is 0 Å². The van der Waals surface area contributed by atoms with E-state index < -0.39 is 10.0 Å². The molecule has 0 radical (unpaired) electrons. The SMILES string of the molecule is CC(C)(C)c1ccccc1NS(=O)(=O)c1ccsc1CN. The molecule has 21 heavy (non-hydrogen) atoms. The van der Waals surface area contributed by atoms with Gasteiger partial charge in [-0.15, -0.1) is 11.3 Å². The van der Waals surface area contributed by atoms with E-state index in [2.05, 4.69) is 25.5 Å². The summed E-state index contributed by atoms with van der Waals surface area (Å²) in [5, 5.41) is 1.74. The topological polar surface area (TPSA) is 72.2 Å². The van der Waals surface area contributed by atoms with Crippen molar-refractivity contribution in [2.45, 2.75) is 37.6 Å². The highest BCUT2D eigenvalue weighted by atomic mass is 32.2. The van der Waals surface area contributed by atoms with Gasteiger partial charge in [0.05, 0.1) is 5.69 Å². The molecule has 1 aromatic carbocycles. The van der Waals surface area contributed by atoms with Crippen LogP contribution in [0.25, 0.3) is 0 Å². The van der Waals surface area contributed by atoms with Crippen LogP contribution in [0.4, 0.5) is 5.69 Å². The Hall–Kier alpha value is -1.37. The molecule has 0 saturated heterocycles. The van der Waals surface area contributed by atoms with Crippen LogP contribution >= 0.6 is 11.3 Å². The average Bonchev–Trinajstić information content (AvgIpc) is 2.86. The number of nitrogens with one attached hydrogen (secondary N) is 1. The normalized spacial score (nSPS) is 12.4. The quantitative estimate of drug-likeness (QED) is 0.906. The first-order valence-corrected chi connectivity index (χ1v) is 9.01. The summed E-state index contributed by atoms with van der Waals surface area (Å²) >= 11 is 1.35.